The number of benzene rings is 2. The molecule has 2 atom stereocenters. The largest absolute Gasteiger partial charge is 0.508 e. The molecular weight excluding hydrogens is 592 g/mol. The van der Waals surface area contributed by atoms with Gasteiger partial charge in [-0.05, 0) is 75.7 Å². The molecule has 3 heterocycles. The number of ether oxygens (including phenoxy) is 3. The molecule has 240 valence electrons. The van der Waals surface area contributed by atoms with Crippen molar-refractivity contribution < 1.29 is 28.1 Å². The zero-order chi connectivity index (χ0) is 32.0. The number of piperidine rings is 1. The Labute approximate surface area is 266 Å². The quantitative estimate of drug-likeness (QED) is 0.160. The first kappa shape index (κ1) is 30.4. The van der Waals surface area contributed by atoms with Gasteiger partial charge >= 0.3 is 6.01 Å². The molecule has 3 fully saturated rings. The molecule has 0 bridgehead atoms. The minimum absolute atomic E-state index is 0.0210. The van der Waals surface area contributed by atoms with Gasteiger partial charge in [0.25, 0.3) is 0 Å². The van der Waals surface area contributed by atoms with E-state index in [4.69, 9.17) is 20.6 Å². The van der Waals surface area contributed by atoms with Crippen LogP contribution in [0.2, 0.25) is 0 Å². The maximum Gasteiger partial charge on any atom is 0.319 e. The van der Waals surface area contributed by atoms with Gasteiger partial charge in [-0.1, -0.05) is 18.4 Å². The van der Waals surface area contributed by atoms with E-state index in [1.54, 1.807) is 0 Å². The lowest BCUT2D eigenvalue weighted by Gasteiger charge is -2.44. The number of aromatic hydroxyl groups is 1. The van der Waals surface area contributed by atoms with Crippen LogP contribution in [0.1, 0.15) is 50.5 Å². The summed E-state index contributed by atoms with van der Waals surface area (Å²) < 4.78 is 49.5. The third kappa shape index (κ3) is 5.43. The first-order valence-electron chi connectivity index (χ1n) is 15.9. The number of nitrogens with one attached hydrogen (secondary N) is 1. The van der Waals surface area contributed by atoms with Crippen molar-refractivity contribution in [2.24, 2.45) is 5.41 Å². The third-order valence-corrected chi connectivity index (χ3v) is 9.71. The van der Waals surface area contributed by atoms with Crippen LogP contribution >= 0.6 is 0 Å². The molecule has 1 saturated heterocycles. The number of fused-ring (bicyclic) bond motifs is 3. The van der Waals surface area contributed by atoms with Gasteiger partial charge in [0.05, 0.1) is 32.0 Å². The maximum absolute atomic E-state index is 16.8. The molecule has 2 N–H and O–H groups in total. The summed E-state index contributed by atoms with van der Waals surface area (Å²) in [5.41, 5.74) is -0.281. The third-order valence-electron chi connectivity index (χ3n) is 9.71. The van der Waals surface area contributed by atoms with Gasteiger partial charge in [0, 0.05) is 29.0 Å². The number of aromatic nitrogens is 3. The predicted octanol–water partition coefficient (Wildman–Crippen LogP) is 6.05. The second kappa shape index (κ2) is 12.2. The van der Waals surface area contributed by atoms with Crippen LogP contribution in [0.25, 0.3) is 32.9 Å². The number of likely N-dealkylation sites (tertiary alicyclic amines) is 1. The molecule has 2 aromatic carbocycles. The summed E-state index contributed by atoms with van der Waals surface area (Å²) in [7, 11) is 3.58. The van der Waals surface area contributed by atoms with Gasteiger partial charge in [-0.2, -0.15) is 9.97 Å². The number of terminal acetylenes is 1. The van der Waals surface area contributed by atoms with Gasteiger partial charge in [-0.3, -0.25) is 0 Å². The van der Waals surface area contributed by atoms with Crippen molar-refractivity contribution in [2.45, 2.75) is 57.1 Å². The van der Waals surface area contributed by atoms with E-state index in [2.05, 4.69) is 38.1 Å². The Bertz CT molecular complexity index is 1860. The fourth-order valence-electron chi connectivity index (χ4n) is 7.41. The van der Waals surface area contributed by atoms with E-state index in [0.29, 0.717) is 37.0 Å². The predicted molar refractivity (Wildman–Crippen MR) is 171 cm³/mol. The van der Waals surface area contributed by atoms with Gasteiger partial charge in [0.1, 0.15) is 34.0 Å². The first-order valence-corrected chi connectivity index (χ1v) is 15.9. The van der Waals surface area contributed by atoms with E-state index < -0.39 is 11.6 Å². The van der Waals surface area contributed by atoms with Crippen LogP contribution in [0.4, 0.5) is 14.6 Å². The van der Waals surface area contributed by atoms with Crippen LogP contribution in [-0.4, -0.2) is 77.6 Å². The van der Waals surface area contributed by atoms with Gasteiger partial charge < -0.3 is 29.5 Å². The number of phenols is 1. The average Bonchev–Trinajstić information content (AvgIpc) is 3.78. The minimum Gasteiger partial charge on any atom is -0.508 e. The van der Waals surface area contributed by atoms with Gasteiger partial charge in [-0.25, -0.2) is 13.8 Å². The van der Waals surface area contributed by atoms with E-state index in [0.717, 1.165) is 51.5 Å². The number of pyridine rings is 1. The second-order valence-electron chi connectivity index (χ2n) is 12.7. The summed E-state index contributed by atoms with van der Waals surface area (Å²) in [6.45, 7) is 2.32. The molecule has 46 heavy (non-hydrogen) atoms. The number of halogens is 2. The fraction of sp³-hybridized carbons (Fsp3) is 0.457. The molecule has 4 aromatic rings. The zero-order valence-corrected chi connectivity index (χ0v) is 26.0. The monoisotopic (exact) mass is 629 g/mol. The summed E-state index contributed by atoms with van der Waals surface area (Å²) in [4.78, 5) is 16.2. The Morgan fingerprint density at radius 3 is 2.72 bits per heavy atom. The number of methoxy groups -OCH3 is 1. The van der Waals surface area contributed by atoms with Crippen molar-refractivity contribution in [1.29, 1.82) is 0 Å². The fourth-order valence-corrected chi connectivity index (χ4v) is 7.41. The lowest BCUT2D eigenvalue weighted by atomic mass is 9.76. The van der Waals surface area contributed by atoms with Crippen LogP contribution in [0, 0.1) is 29.4 Å². The molecule has 7 rings (SSSR count). The molecule has 0 spiro atoms. The van der Waals surface area contributed by atoms with Gasteiger partial charge in [-0.15, -0.1) is 6.42 Å². The minimum atomic E-state index is -0.811. The van der Waals surface area contributed by atoms with Crippen LogP contribution in [-0.2, 0) is 4.74 Å². The van der Waals surface area contributed by atoms with Gasteiger partial charge in [0.15, 0.2) is 5.82 Å². The summed E-state index contributed by atoms with van der Waals surface area (Å²) in [6.07, 6.45) is 13.5. The highest BCUT2D eigenvalue weighted by Gasteiger charge is 2.47. The number of hydrogen-bond donors (Lipinski definition) is 2. The van der Waals surface area contributed by atoms with E-state index in [-0.39, 0.29) is 62.3 Å². The highest BCUT2D eigenvalue weighted by molar-refractivity contribution is 6.04. The van der Waals surface area contributed by atoms with Crippen LogP contribution in [0.3, 0.4) is 0 Å². The topological polar surface area (TPSA) is 102 Å². The smallest absolute Gasteiger partial charge is 0.319 e. The second-order valence-corrected chi connectivity index (χ2v) is 12.7. The number of nitrogens with zero attached hydrogens (tertiary/aromatic N) is 4. The van der Waals surface area contributed by atoms with Crippen molar-refractivity contribution in [1.82, 2.24) is 19.9 Å². The van der Waals surface area contributed by atoms with Crippen molar-refractivity contribution in [3.63, 3.8) is 0 Å². The average molecular weight is 630 g/mol. The summed E-state index contributed by atoms with van der Waals surface area (Å²) in [5, 5.41) is 14.7. The highest BCUT2D eigenvalue weighted by atomic mass is 19.1. The molecule has 2 aliphatic carbocycles. The van der Waals surface area contributed by atoms with Crippen LogP contribution in [0.15, 0.2) is 24.3 Å². The molecular formula is C35H37F2N5O4. The van der Waals surface area contributed by atoms with E-state index >= 15 is 4.39 Å². The van der Waals surface area contributed by atoms with Crippen LogP contribution in [0.5, 0.6) is 17.6 Å². The molecule has 1 aliphatic heterocycles. The van der Waals surface area contributed by atoms with E-state index in [9.17, 15) is 9.50 Å². The van der Waals surface area contributed by atoms with Crippen molar-refractivity contribution in [3.05, 3.63) is 41.5 Å². The Hall–Kier alpha value is -4.27. The number of hydrogen-bond acceptors (Lipinski definition) is 9. The first-order chi connectivity index (χ1) is 22.3. The Morgan fingerprint density at radius 1 is 1.11 bits per heavy atom. The molecule has 9 nitrogen and oxygen atoms in total. The van der Waals surface area contributed by atoms with Crippen LogP contribution < -0.4 is 14.8 Å². The van der Waals surface area contributed by atoms with E-state index in [1.807, 2.05) is 0 Å². The Balaban J connectivity index is 1.36. The Kier molecular flexibility index (Phi) is 8.03. The van der Waals surface area contributed by atoms with Crippen molar-refractivity contribution in [3.8, 4) is 41.2 Å². The molecule has 0 unspecified atom stereocenters. The number of rotatable bonds is 10. The molecule has 0 radical (unpaired) electrons. The lowest BCUT2D eigenvalue weighted by molar-refractivity contribution is 0.0133. The molecule has 3 aliphatic rings. The summed E-state index contributed by atoms with van der Waals surface area (Å²) in [5.74, 6) is 1.09. The van der Waals surface area contributed by atoms with Crippen molar-refractivity contribution in [2.75, 3.05) is 45.8 Å². The molecule has 2 aromatic heterocycles. The SMILES string of the molecule is C#Cc1c(F)ccc2cc(O)cc(-c3nc(OC)c4c(NCCOC5CC5)nc(OC[C@]56CCC[C@H]5N(C)CCC6)nc4c3F)c12. The zero-order valence-electron chi connectivity index (χ0n) is 26.0. The molecule has 2 saturated carbocycles. The van der Waals surface area contributed by atoms with Crippen molar-refractivity contribution >= 4 is 27.5 Å². The summed E-state index contributed by atoms with van der Waals surface area (Å²) in [6, 6.07) is 5.88. The Morgan fingerprint density at radius 2 is 1.93 bits per heavy atom. The number of anilines is 1. The van der Waals surface area contributed by atoms with Gasteiger partial charge in [0.2, 0.25) is 5.88 Å². The highest BCUT2D eigenvalue weighted by Crippen LogP contribution is 2.48. The summed E-state index contributed by atoms with van der Waals surface area (Å²) >= 11 is 0. The molecule has 0 amide bonds. The molecule has 11 heteroatoms. The lowest BCUT2D eigenvalue weighted by Crippen LogP contribution is -2.50. The van der Waals surface area contributed by atoms with E-state index in [1.165, 1.54) is 31.4 Å². The maximum atomic E-state index is 16.8. The number of phenolic OH excluding ortho intramolecular Hbond substituents is 1. The standard InChI is InChI=1S/C35H37F2N5O4/c1-4-23-25(36)11-8-20-17-21(43)18-24(27(20)23)30-29(37)31-28(33(39-30)44-3)32(38-14-16-45-22-9-10-22)41-34(40-31)46-19-35-12-5-7-26(35)42(2)15-6-13-35/h1,8,11,17-18,22,26,43H,5-7,9-10,12-16,19H2,2-3H3,(H,38,40,41)/t26-,35-/m1/s1. The normalized spacial score (nSPS) is 21.3.